The Kier molecular flexibility index (Phi) is 4.47. The highest BCUT2D eigenvalue weighted by molar-refractivity contribution is 5.25. The Morgan fingerprint density at radius 1 is 1.31 bits per heavy atom. The molecule has 0 radical (unpaired) electrons. The van der Waals surface area contributed by atoms with Crippen LogP contribution in [0.15, 0.2) is 24.3 Å². The molecule has 0 aliphatic carbocycles. The molecule has 0 bridgehead atoms. The predicted molar refractivity (Wildman–Crippen MR) is 53.5 cm³/mol. The van der Waals surface area contributed by atoms with Crippen LogP contribution < -0.4 is 5.32 Å². The van der Waals surface area contributed by atoms with Crippen molar-refractivity contribution >= 4 is 0 Å². The maximum atomic E-state index is 11.8. The van der Waals surface area contributed by atoms with Crippen molar-refractivity contribution in [3.8, 4) is 0 Å². The van der Waals surface area contributed by atoms with Gasteiger partial charge in [0.15, 0.2) is 0 Å². The molecule has 0 amide bonds. The number of hydrogen-bond acceptors (Lipinski definition) is 1. The lowest BCUT2D eigenvalue weighted by atomic mass is 10.1. The second-order valence-corrected chi connectivity index (χ2v) is 3.15. The highest BCUT2D eigenvalue weighted by atomic mass is 19.1. The molecular weight excluding hydrogens is 165 g/mol. The van der Waals surface area contributed by atoms with Crippen LogP contribution in [0.4, 0.5) is 4.39 Å². The summed E-state index contributed by atoms with van der Waals surface area (Å²) in [5.41, 5.74) is 2.58. The molecule has 2 heteroatoms. The molecule has 1 aromatic rings. The highest BCUT2D eigenvalue weighted by Crippen LogP contribution is 2.05. The molecule has 0 aliphatic heterocycles. The number of aryl methyl sites for hydroxylation is 1. The van der Waals surface area contributed by atoms with Crippen LogP contribution in [-0.4, -0.2) is 13.2 Å². The Bertz CT molecular complexity index is 248. The molecule has 1 rings (SSSR count). The zero-order valence-electron chi connectivity index (χ0n) is 8.02. The summed E-state index contributed by atoms with van der Waals surface area (Å²) < 4.78 is 11.8. The van der Waals surface area contributed by atoms with Gasteiger partial charge in [-0.05, 0) is 31.0 Å². The highest BCUT2D eigenvalue weighted by Gasteiger charge is 1.95. The third-order valence-corrected chi connectivity index (χ3v) is 2.06. The normalized spacial score (nSPS) is 10.3. The minimum absolute atomic E-state index is 0.235. The van der Waals surface area contributed by atoms with Gasteiger partial charge in [-0.15, -0.1) is 0 Å². The minimum Gasteiger partial charge on any atom is -0.313 e. The van der Waals surface area contributed by atoms with E-state index in [0.717, 1.165) is 13.1 Å². The van der Waals surface area contributed by atoms with E-state index in [4.69, 9.17) is 0 Å². The van der Waals surface area contributed by atoms with E-state index >= 15 is 0 Å². The number of benzene rings is 1. The largest absolute Gasteiger partial charge is 0.313 e. The Hall–Kier alpha value is -0.890. The van der Waals surface area contributed by atoms with Crippen LogP contribution in [-0.2, 0) is 6.54 Å². The molecule has 72 valence electrons. The van der Waals surface area contributed by atoms with E-state index < -0.39 is 0 Å². The SMILES string of the molecule is Cc1ccccc1CNCCCF. The second-order valence-electron chi connectivity index (χ2n) is 3.15. The Morgan fingerprint density at radius 3 is 2.77 bits per heavy atom. The van der Waals surface area contributed by atoms with Gasteiger partial charge in [0, 0.05) is 6.54 Å². The van der Waals surface area contributed by atoms with E-state index in [9.17, 15) is 4.39 Å². The average molecular weight is 181 g/mol. The molecule has 0 spiro atoms. The fourth-order valence-electron chi connectivity index (χ4n) is 1.22. The Balaban J connectivity index is 2.32. The molecule has 0 saturated carbocycles. The zero-order chi connectivity index (χ0) is 9.52. The molecule has 0 aromatic heterocycles. The molecule has 1 aromatic carbocycles. The molecular formula is C11H16FN. The minimum atomic E-state index is -0.235. The Morgan fingerprint density at radius 2 is 2.08 bits per heavy atom. The van der Waals surface area contributed by atoms with Crippen LogP contribution >= 0.6 is 0 Å². The summed E-state index contributed by atoms with van der Waals surface area (Å²) >= 11 is 0. The van der Waals surface area contributed by atoms with Gasteiger partial charge in [-0.2, -0.15) is 0 Å². The van der Waals surface area contributed by atoms with Crippen molar-refractivity contribution in [2.75, 3.05) is 13.2 Å². The molecule has 0 aliphatic rings. The molecule has 0 saturated heterocycles. The fraction of sp³-hybridized carbons (Fsp3) is 0.455. The van der Waals surface area contributed by atoms with E-state index in [1.54, 1.807) is 0 Å². The maximum absolute atomic E-state index is 11.8. The second kappa shape index (κ2) is 5.70. The molecule has 0 fully saturated rings. The van der Waals surface area contributed by atoms with Crippen molar-refractivity contribution in [1.82, 2.24) is 5.32 Å². The number of hydrogen-bond donors (Lipinski definition) is 1. The number of rotatable bonds is 5. The summed E-state index contributed by atoms with van der Waals surface area (Å²) in [5, 5.41) is 3.20. The van der Waals surface area contributed by atoms with E-state index in [1.165, 1.54) is 11.1 Å². The summed E-state index contributed by atoms with van der Waals surface area (Å²) in [4.78, 5) is 0. The van der Waals surface area contributed by atoms with Crippen molar-refractivity contribution < 1.29 is 4.39 Å². The first-order chi connectivity index (χ1) is 6.34. The van der Waals surface area contributed by atoms with Gasteiger partial charge < -0.3 is 5.32 Å². The van der Waals surface area contributed by atoms with Gasteiger partial charge in [0.1, 0.15) is 0 Å². The molecule has 0 unspecified atom stereocenters. The van der Waals surface area contributed by atoms with Crippen LogP contribution in [0.2, 0.25) is 0 Å². The first kappa shape index (κ1) is 10.2. The lowest BCUT2D eigenvalue weighted by Crippen LogP contribution is -2.15. The first-order valence-corrected chi connectivity index (χ1v) is 4.66. The van der Waals surface area contributed by atoms with E-state index in [1.807, 2.05) is 12.1 Å². The lowest BCUT2D eigenvalue weighted by Gasteiger charge is -2.06. The van der Waals surface area contributed by atoms with Gasteiger partial charge in [-0.1, -0.05) is 24.3 Å². The summed E-state index contributed by atoms with van der Waals surface area (Å²) in [6, 6.07) is 8.24. The van der Waals surface area contributed by atoms with Crippen molar-refractivity contribution in [3.63, 3.8) is 0 Å². The Labute approximate surface area is 79.0 Å². The summed E-state index contributed by atoms with van der Waals surface area (Å²) in [6.45, 7) is 3.45. The van der Waals surface area contributed by atoms with Crippen LogP contribution in [0.5, 0.6) is 0 Å². The topological polar surface area (TPSA) is 12.0 Å². The molecule has 1 nitrogen and oxygen atoms in total. The molecule has 0 heterocycles. The fourth-order valence-corrected chi connectivity index (χ4v) is 1.22. The van der Waals surface area contributed by atoms with Gasteiger partial charge in [0.2, 0.25) is 0 Å². The van der Waals surface area contributed by atoms with Gasteiger partial charge in [0.05, 0.1) is 6.67 Å². The van der Waals surface area contributed by atoms with Gasteiger partial charge in [0.25, 0.3) is 0 Å². The molecule has 0 atom stereocenters. The number of nitrogens with one attached hydrogen (secondary N) is 1. The molecule has 1 N–H and O–H groups in total. The zero-order valence-corrected chi connectivity index (χ0v) is 8.02. The standard InChI is InChI=1S/C11H16FN/c1-10-5-2-3-6-11(10)9-13-8-4-7-12/h2-3,5-6,13H,4,7-9H2,1H3. The lowest BCUT2D eigenvalue weighted by molar-refractivity contribution is 0.459. The average Bonchev–Trinajstić information content (AvgIpc) is 2.15. The van der Waals surface area contributed by atoms with Gasteiger partial charge in [-0.3, -0.25) is 4.39 Å². The van der Waals surface area contributed by atoms with Crippen molar-refractivity contribution in [2.24, 2.45) is 0 Å². The third kappa shape index (κ3) is 3.55. The van der Waals surface area contributed by atoms with Crippen LogP contribution in [0, 0.1) is 6.92 Å². The van der Waals surface area contributed by atoms with E-state index in [2.05, 4.69) is 24.4 Å². The summed E-state index contributed by atoms with van der Waals surface area (Å²) in [6.07, 6.45) is 0.603. The predicted octanol–water partition coefficient (Wildman–Crippen LogP) is 2.44. The van der Waals surface area contributed by atoms with E-state index in [0.29, 0.717) is 6.42 Å². The van der Waals surface area contributed by atoms with E-state index in [-0.39, 0.29) is 6.67 Å². The van der Waals surface area contributed by atoms with Crippen molar-refractivity contribution in [1.29, 1.82) is 0 Å². The molecule has 13 heavy (non-hydrogen) atoms. The van der Waals surface area contributed by atoms with Crippen molar-refractivity contribution in [2.45, 2.75) is 19.9 Å². The first-order valence-electron chi connectivity index (χ1n) is 4.66. The quantitative estimate of drug-likeness (QED) is 0.688. The number of halogens is 1. The maximum Gasteiger partial charge on any atom is 0.0906 e. The van der Waals surface area contributed by atoms with Crippen LogP contribution in [0.25, 0.3) is 0 Å². The van der Waals surface area contributed by atoms with Crippen LogP contribution in [0.3, 0.4) is 0 Å². The monoisotopic (exact) mass is 181 g/mol. The number of alkyl halides is 1. The smallest absolute Gasteiger partial charge is 0.0906 e. The third-order valence-electron chi connectivity index (χ3n) is 2.06. The van der Waals surface area contributed by atoms with Crippen LogP contribution in [0.1, 0.15) is 17.5 Å². The van der Waals surface area contributed by atoms with Crippen molar-refractivity contribution in [3.05, 3.63) is 35.4 Å². The van der Waals surface area contributed by atoms with Gasteiger partial charge in [-0.25, -0.2) is 0 Å². The summed E-state index contributed by atoms with van der Waals surface area (Å²) in [7, 11) is 0. The summed E-state index contributed by atoms with van der Waals surface area (Å²) in [5.74, 6) is 0. The van der Waals surface area contributed by atoms with Gasteiger partial charge >= 0.3 is 0 Å².